The molecule has 2 aromatic rings. The number of nitrogens with zero attached hydrogens (tertiary/aromatic N) is 4. The van der Waals surface area contributed by atoms with Crippen LogP contribution in [0.3, 0.4) is 0 Å². The molecule has 0 radical (unpaired) electrons. The van der Waals surface area contributed by atoms with Crippen molar-refractivity contribution in [3.05, 3.63) is 52.0 Å². The van der Waals surface area contributed by atoms with Gasteiger partial charge in [0.15, 0.2) is 5.82 Å². The minimum Gasteiger partial charge on any atom is -0.461 e. The molecule has 240 valence electrons. The van der Waals surface area contributed by atoms with Crippen LogP contribution in [-0.4, -0.2) is 64.4 Å². The lowest BCUT2D eigenvalue weighted by atomic mass is 9.90. The first kappa shape index (κ1) is 30.3. The molecule has 3 N–H and O–H groups in total. The maximum atomic E-state index is 15.5. The highest BCUT2D eigenvalue weighted by molar-refractivity contribution is 5.59. The molecule has 0 amide bonds. The lowest BCUT2D eigenvalue weighted by Gasteiger charge is -2.36. The molecule has 4 aliphatic heterocycles. The maximum absolute atomic E-state index is 15.5. The second-order valence-corrected chi connectivity index (χ2v) is 13.3. The number of aromatic nitrogens is 2. The van der Waals surface area contributed by atoms with E-state index >= 15 is 4.39 Å². The number of fused-ring (bicyclic) bond motifs is 4. The predicted molar refractivity (Wildman–Crippen MR) is 159 cm³/mol. The second kappa shape index (κ2) is 11.1. The van der Waals surface area contributed by atoms with E-state index in [2.05, 4.69) is 28.2 Å². The van der Waals surface area contributed by atoms with Crippen molar-refractivity contribution in [1.29, 1.82) is 0 Å². The standard InChI is InChI=1S/C33H37F4N5O3/c1-3-5-20-10-23(38)29(34)27(28(20)33(35,36)37)26-11-24-22(16-44-26)30(41-14-19-8-21(15-41)25(43)9-19)40-31(39-24)45-17-32-6-4-7-42(32)13-18(2)12-32/h10,19,21,25-26,43H,2,4,6-9,11-17,38H2,1H3/t19-,21-,25-,26+,32-/m1/s1. The van der Waals surface area contributed by atoms with Crippen molar-refractivity contribution >= 4 is 11.5 Å². The van der Waals surface area contributed by atoms with E-state index in [1.807, 2.05) is 0 Å². The molecule has 8 nitrogen and oxygen atoms in total. The fourth-order valence-corrected chi connectivity index (χ4v) is 8.33. The van der Waals surface area contributed by atoms with Gasteiger partial charge in [0.25, 0.3) is 0 Å². The Morgan fingerprint density at radius 2 is 2.09 bits per heavy atom. The average Bonchev–Trinajstić information content (AvgIpc) is 3.60. The molecule has 4 fully saturated rings. The molecule has 1 aliphatic carbocycles. The van der Waals surface area contributed by atoms with Gasteiger partial charge in [-0.25, -0.2) is 4.39 Å². The summed E-state index contributed by atoms with van der Waals surface area (Å²) in [5.41, 5.74) is 5.22. The van der Waals surface area contributed by atoms with Crippen LogP contribution >= 0.6 is 0 Å². The summed E-state index contributed by atoms with van der Waals surface area (Å²) in [6.45, 7) is 8.89. The van der Waals surface area contributed by atoms with Crippen molar-refractivity contribution in [2.75, 3.05) is 43.4 Å². The van der Waals surface area contributed by atoms with Crippen molar-refractivity contribution in [3.63, 3.8) is 0 Å². The fraction of sp³-hybridized carbons (Fsp3) is 0.576. The molecule has 5 aliphatic rings. The predicted octanol–water partition coefficient (Wildman–Crippen LogP) is 4.78. The van der Waals surface area contributed by atoms with Crippen LogP contribution in [0.1, 0.15) is 73.1 Å². The highest BCUT2D eigenvalue weighted by atomic mass is 19.4. The van der Waals surface area contributed by atoms with Gasteiger partial charge in [-0.2, -0.15) is 23.1 Å². The lowest BCUT2D eigenvalue weighted by molar-refractivity contribution is -0.140. The number of piperidine rings is 1. The monoisotopic (exact) mass is 627 g/mol. The van der Waals surface area contributed by atoms with E-state index in [0.29, 0.717) is 42.7 Å². The number of alkyl halides is 3. The fourth-order valence-electron chi connectivity index (χ4n) is 8.33. The van der Waals surface area contributed by atoms with Gasteiger partial charge in [-0.3, -0.25) is 4.90 Å². The summed E-state index contributed by atoms with van der Waals surface area (Å²) in [6.07, 6.45) is -2.23. The van der Waals surface area contributed by atoms with Gasteiger partial charge >= 0.3 is 12.2 Å². The van der Waals surface area contributed by atoms with Crippen LogP contribution in [-0.2, 0) is 23.9 Å². The van der Waals surface area contributed by atoms with Crippen molar-refractivity contribution in [2.24, 2.45) is 11.8 Å². The van der Waals surface area contributed by atoms with E-state index in [0.717, 1.165) is 56.8 Å². The van der Waals surface area contributed by atoms with Crippen LogP contribution < -0.4 is 15.4 Å². The highest BCUT2D eigenvalue weighted by Gasteiger charge is 2.47. The Hall–Kier alpha value is -3.40. The Bertz CT molecular complexity index is 1600. The molecule has 7 rings (SSSR count). The molecule has 3 saturated heterocycles. The van der Waals surface area contributed by atoms with Gasteiger partial charge in [-0.05, 0) is 57.6 Å². The maximum Gasteiger partial charge on any atom is 0.418 e. The molecule has 0 unspecified atom stereocenters. The number of halogens is 4. The van der Waals surface area contributed by atoms with E-state index in [1.54, 1.807) is 0 Å². The van der Waals surface area contributed by atoms with Crippen LogP contribution in [0.25, 0.3) is 0 Å². The van der Waals surface area contributed by atoms with Gasteiger partial charge < -0.3 is 25.2 Å². The van der Waals surface area contributed by atoms with Gasteiger partial charge in [0.05, 0.1) is 41.3 Å². The Morgan fingerprint density at radius 1 is 1.27 bits per heavy atom. The van der Waals surface area contributed by atoms with Gasteiger partial charge in [0.2, 0.25) is 0 Å². The molecule has 5 heterocycles. The van der Waals surface area contributed by atoms with E-state index in [4.69, 9.17) is 25.2 Å². The molecule has 2 bridgehead atoms. The SMILES string of the molecule is C=C1CN2CCC[C@]2(COc2nc3c(c(N4C[C@@H]5C[C@H](C4)[C@H](O)C5)n2)CO[C@H](c2c(F)c(N)cc(C#CC)c2C(F)(F)F)C3)C1. The van der Waals surface area contributed by atoms with Crippen LogP contribution in [0.4, 0.5) is 29.1 Å². The third-order valence-electron chi connectivity index (χ3n) is 10.2. The number of aliphatic hydroxyl groups is 1. The van der Waals surface area contributed by atoms with Crippen molar-refractivity contribution in [1.82, 2.24) is 14.9 Å². The number of nitrogen functional groups attached to an aromatic ring is 1. The number of benzene rings is 1. The minimum atomic E-state index is -4.90. The lowest BCUT2D eigenvalue weighted by Crippen LogP contribution is -2.43. The van der Waals surface area contributed by atoms with Crippen LogP contribution in [0.2, 0.25) is 0 Å². The van der Waals surface area contributed by atoms with Gasteiger partial charge in [-0.1, -0.05) is 18.1 Å². The van der Waals surface area contributed by atoms with Crippen molar-refractivity contribution in [2.45, 2.75) is 76.0 Å². The minimum absolute atomic E-state index is 0.0975. The number of aliphatic hydroxyl groups excluding tert-OH is 1. The zero-order valence-electron chi connectivity index (χ0n) is 25.2. The molecule has 1 aromatic carbocycles. The first-order valence-corrected chi connectivity index (χ1v) is 15.6. The normalized spacial score (nSPS) is 29.4. The Balaban J connectivity index is 1.27. The summed E-state index contributed by atoms with van der Waals surface area (Å²) in [4.78, 5) is 14.1. The molecule has 1 saturated carbocycles. The number of anilines is 2. The largest absolute Gasteiger partial charge is 0.461 e. The number of rotatable bonds is 5. The van der Waals surface area contributed by atoms with Gasteiger partial charge in [-0.15, -0.1) is 5.92 Å². The van der Waals surface area contributed by atoms with Crippen molar-refractivity contribution in [3.8, 4) is 17.9 Å². The zero-order valence-corrected chi connectivity index (χ0v) is 25.2. The summed E-state index contributed by atoms with van der Waals surface area (Å²) >= 11 is 0. The van der Waals surface area contributed by atoms with Crippen LogP contribution in [0.15, 0.2) is 18.2 Å². The van der Waals surface area contributed by atoms with E-state index < -0.39 is 40.5 Å². The number of nitrogens with two attached hydrogens (primary N) is 1. The smallest absolute Gasteiger partial charge is 0.418 e. The summed E-state index contributed by atoms with van der Waals surface area (Å²) in [5, 5.41) is 10.6. The first-order valence-electron chi connectivity index (χ1n) is 15.6. The Morgan fingerprint density at radius 3 is 2.84 bits per heavy atom. The molecular weight excluding hydrogens is 590 g/mol. The Kier molecular flexibility index (Phi) is 7.49. The molecule has 0 spiro atoms. The molecule has 1 aromatic heterocycles. The highest BCUT2D eigenvalue weighted by Crippen LogP contribution is 2.46. The second-order valence-electron chi connectivity index (χ2n) is 13.3. The summed E-state index contributed by atoms with van der Waals surface area (Å²) in [7, 11) is 0. The van der Waals surface area contributed by atoms with E-state index in [9.17, 15) is 18.3 Å². The summed E-state index contributed by atoms with van der Waals surface area (Å²) in [6, 6.07) is 1.05. The number of ether oxygens (including phenoxy) is 2. The summed E-state index contributed by atoms with van der Waals surface area (Å²) in [5.74, 6) is 4.73. The van der Waals surface area contributed by atoms with Crippen LogP contribution in [0, 0.1) is 29.5 Å². The topological polar surface area (TPSA) is 97.0 Å². The third kappa shape index (κ3) is 5.32. The first-order chi connectivity index (χ1) is 21.5. The average molecular weight is 628 g/mol. The van der Waals surface area contributed by atoms with Gasteiger partial charge in [0.1, 0.15) is 12.4 Å². The zero-order chi connectivity index (χ0) is 31.7. The number of hydrogen-bond acceptors (Lipinski definition) is 8. The third-order valence-corrected chi connectivity index (χ3v) is 10.2. The number of hydrogen-bond donors (Lipinski definition) is 2. The molecule has 5 atom stereocenters. The van der Waals surface area contributed by atoms with Crippen molar-refractivity contribution < 1.29 is 32.1 Å². The summed E-state index contributed by atoms with van der Waals surface area (Å²) < 4.78 is 71.2. The molecule has 12 heteroatoms. The molecular formula is C33H37F4N5O3. The molecule has 45 heavy (non-hydrogen) atoms. The van der Waals surface area contributed by atoms with E-state index in [1.165, 1.54) is 6.92 Å². The van der Waals surface area contributed by atoms with Gasteiger partial charge in [0, 0.05) is 48.7 Å². The quantitative estimate of drug-likeness (QED) is 0.212. The van der Waals surface area contributed by atoms with Crippen LogP contribution in [0.5, 0.6) is 6.01 Å². The Labute approximate surface area is 259 Å². The van der Waals surface area contributed by atoms with E-state index in [-0.39, 0.29) is 36.6 Å².